The van der Waals surface area contributed by atoms with Crippen molar-refractivity contribution >= 4 is 17.9 Å². The van der Waals surface area contributed by atoms with Gasteiger partial charge in [0.15, 0.2) is 0 Å². The Morgan fingerprint density at radius 1 is 1.33 bits per heavy atom. The van der Waals surface area contributed by atoms with Crippen molar-refractivity contribution in [3.63, 3.8) is 0 Å². The van der Waals surface area contributed by atoms with Crippen LogP contribution < -0.4 is 11.1 Å². The zero-order valence-electron chi connectivity index (χ0n) is 10.2. The predicted molar refractivity (Wildman–Crippen MR) is 63.8 cm³/mol. The maximum Gasteiger partial charge on any atom is 0.318 e. The number of hydrogen-bond donors (Lipinski definition) is 3. The topological polar surface area (TPSA) is 113 Å². The van der Waals surface area contributed by atoms with Gasteiger partial charge in [0.05, 0.1) is 6.42 Å². The highest BCUT2D eigenvalue weighted by Gasteiger charge is 2.24. The second-order valence-corrected chi connectivity index (χ2v) is 4.45. The van der Waals surface area contributed by atoms with Crippen molar-refractivity contribution in [3.05, 3.63) is 0 Å². The number of carboxylic acid groups (broad SMARTS) is 1. The Balaban J connectivity index is 2.39. The van der Waals surface area contributed by atoms with Gasteiger partial charge < -0.3 is 10.8 Å². The SMILES string of the molecule is NC(=O)NC(=O)CCN1CCCCC1CC(=O)O. The first-order valence-corrected chi connectivity index (χ1v) is 6.04. The number of amides is 3. The van der Waals surface area contributed by atoms with Crippen LogP contribution in [0.2, 0.25) is 0 Å². The number of likely N-dealkylation sites (tertiary alicyclic amines) is 1. The number of nitrogens with two attached hydrogens (primary N) is 1. The number of urea groups is 1. The van der Waals surface area contributed by atoms with Crippen molar-refractivity contribution in [1.82, 2.24) is 10.2 Å². The van der Waals surface area contributed by atoms with Crippen molar-refractivity contribution in [1.29, 1.82) is 0 Å². The van der Waals surface area contributed by atoms with Gasteiger partial charge in [-0.15, -0.1) is 0 Å². The zero-order chi connectivity index (χ0) is 13.5. The lowest BCUT2D eigenvalue weighted by atomic mass is 9.99. The molecule has 0 aliphatic carbocycles. The Bertz CT molecular complexity index is 332. The molecule has 7 nitrogen and oxygen atoms in total. The second kappa shape index (κ2) is 6.95. The van der Waals surface area contributed by atoms with Crippen LogP contribution in [-0.2, 0) is 9.59 Å². The summed E-state index contributed by atoms with van der Waals surface area (Å²) in [5, 5.41) is 10.8. The molecule has 1 fully saturated rings. The summed E-state index contributed by atoms with van der Waals surface area (Å²) < 4.78 is 0. The number of piperidine rings is 1. The molecule has 18 heavy (non-hydrogen) atoms. The zero-order valence-corrected chi connectivity index (χ0v) is 10.2. The molecule has 1 saturated heterocycles. The van der Waals surface area contributed by atoms with E-state index < -0.39 is 17.9 Å². The average Bonchev–Trinajstić information content (AvgIpc) is 2.26. The van der Waals surface area contributed by atoms with Crippen molar-refractivity contribution < 1.29 is 19.5 Å². The third kappa shape index (κ3) is 5.13. The Labute approximate surface area is 105 Å². The highest BCUT2D eigenvalue weighted by molar-refractivity contribution is 5.93. The Morgan fingerprint density at radius 2 is 2.06 bits per heavy atom. The van der Waals surface area contributed by atoms with Gasteiger partial charge in [0.2, 0.25) is 5.91 Å². The van der Waals surface area contributed by atoms with Gasteiger partial charge in [0.25, 0.3) is 0 Å². The molecule has 7 heteroatoms. The maximum atomic E-state index is 11.3. The van der Waals surface area contributed by atoms with Crippen molar-refractivity contribution in [2.45, 2.75) is 38.1 Å². The van der Waals surface area contributed by atoms with E-state index in [0.717, 1.165) is 25.8 Å². The smallest absolute Gasteiger partial charge is 0.318 e. The lowest BCUT2D eigenvalue weighted by molar-refractivity contribution is -0.138. The maximum absolute atomic E-state index is 11.3. The summed E-state index contributed by atoms with van der Waals surface area (Å²) in [5.41, 5.74) is 4.83. The number of nitrogens with zero attached hydrogens (tertiary/aromatic N) is 1. The largest absolute Gasteiger partial charge is 0.481 e. The molecular formula is C11H19N3O4. The molecule has 0 aromatic heterocycles. The fourth-order valence-electron chi connectivity index (χ4n) is 2.23. The van der Waals surface area contributed by atoms with E-state index in [4.69, 9.17) is 10.8 Å². The molecular weight excluding hydrogens is 238 g/mol. The number of carboxylic acids is 1. The van der Waals surface area contributed by atoms with E-state index in [9.17, 15) is 14.4 Å². The van der Waals surface area contributed by atoms with Crippen LogP contribution in [0.25, 0.3) is 0 Å². The van der Waals surface area contributed by atoms with E-state index >= 15 is 0 Å². The molecule has 0 spiro atoms. The van der Waals surface area contributed by atoms with Gasteiger partial charge in [-0.25, -0.2) is 4.79 Å². The van der Waals surface area contributed by atoms with E-state index in [-0.39, 0.29) is 18.9 Å². The van der Waals surface area contributed by atoms with Crippen LogP contribution >= 0.6 is 0 Å². The molecule has 1 aliphatic rings. The van der Waals surface area contributed by atoms with E-state index in [2.05, 4.69) is 0 Å². The third-order valence-electron chi connectivity index (χ3n) is 3.05. The van der Waals surface area contributed by atoms with Crippen molar-refractivity contribution in [2.75, 3.05) is 13.1 Å². The molecule has 4 N–H and O–H groups in total. The molecule has 1 unspecified atom stereocenters. The first-order valence-electron chi connectivity index (χ1n) is 6.04. The van der Waals surface area contributed by atoms with Gasteiger partial charge in [-0.1, -0.05) is 6.42 Å². The van der Waals surface area contributed by atoms with E-state index in [1.54, 1.807) is 0 Å². The summed E-state index contributed by atoms with van der Waals surface area (Å²) in [6.45, 7) is 1.25. The molecule has 1 atom stereocenters. The van der Waals surface area contributed by atoms with E-state index in [1.165, 1.54) is 0 Å². The molecule has 0 aromatic rings. The third-order valence-corrected chi connectivity index (χ3v) is 3.05. The van der Waals surface area contributed by atoms with Gasteiger partial charge in [-0.3, -0.25) is 19.8 Å². The summed E-state index contributed by atoms with van der Waals surface area (Å²) >= 11 is 0. The average molecular weight is 257 g/mol. The number of carbonyl (C=O) groups is 3. The molecule has 0 aromatic carbocycles. The Kier molecular flexibility index (Phi) is 5.57. The number of primary amides is 1. The van der Waals surface area contributed by atoms with Crippen LogP contribution in [0.5, 0.6) is 0 Å². The minimum atomic E-state index is -0.860. The lowest BCUT2D eigenvalue weighted by Gasteiger charge is -2.34. The van der Waals surface area contributed by atoms with Crippen molar-refractivity contribution in [3.8, 4) is 0 Å². The van der Waals surface area contributed by atoms with Gasteiger partial charge in [-0.2, -0.15) is 0 Å². The van der Waals surface area contributed by atoms with Crippen LogP contribution in [0.15, 0.2) is 0 Å². The molecule has 0 bridgehead atoms. The molecule has 102 valence electrons. The normalized spacial score (nSPS) is 20.3. The fraction of sp³-hybridized carbons (Fsp3) is 0.727. The molecule has 1 aliphatic heterocycles. The first kappa shape index (κ1) is 14.4. The summed E-state index contributed by atoms with van der Waals surface area (Å²) in [6, 6.07) is -0.877. The number of rotatable bonds is 5. The summed E-state index contributed by atoms with van der Waals surface area (Å²) in [5.74, 6) is -1.25. The predicted octanol–water partition coefficient (Wildman–Crippen LogP) is -0.0994. The number of carbonyl (C=O) groups excluding carboxylic acids is 2. The van der Waals surface area contributed by atoms with Gasteiger partial charge >= 0.3 is 12.0 Å². The van der Waals surface area contributed by atoms with Crippen LogP contribution in [0.3, 0.4) is 0 Å². The minimum absolute atomic E-state index is 0.0161. The standard InChI is InChI=1S/C11H19N3O4/c12-11(18)13-9(15)4-6-14-5-2-1-3-8(14)7-10(16)17/h8H,1-7H2,(H,16,17)(H3,12,13,15,18). The van der Waals surface area contributed by atoms with Crippen molar-refractivity contribution in [2.24, 2.45) is 5.73 Å². The molecule has 1 rings (SSSR count). The van der Waals surface area contributed by atoms with Gasteiger partial charge in [-0.05, 0) is 19.4 Å². The molecule has 0 radical (unpaired) electrons. The van der Waals surface area contributed by atoms with Crippen LogP contribution in [0, 0.1) is 0 Å². The summed E-state index contributed by atoms with van der Waals surface area (Å²) in [7, 11) is 0. The monoisotopic (exact) mass is 257 g/mol. The quantitative estimate of drug-likeness (QED) is 0.636. The van der Waals surface area contributed by atoms with E-state index in [1.807, 2.05) is 10.2 Å². The minimum Gasteiger partial charge on any atom is -0.481 e. The highest BCUT2D eigenvalue weighted by atomic mass is 16.4. The van der Waals surface area contributed by atoms with Gasteiger partial charge in [0.1, 0.15) is 0 Å². The van der Waals surface area contributed by atoms with Crippen LogP contribution in [0.4, 0.5) is 4.79 Å². The Morgan fingerprint density at radius 3 is 2.67 bits per heavy atom. The fourth-order valence-corrected chi connectivity index (χ4v) is 2.23. The first-order chi connectivity index (χ1) is 8.49. The summed E-state index contributed by atoms with van der Waals surface area (Å²) in [4.78, 5) is 34.5. The molecule has 1 heterocycles. The number of aliphatic carboxylic acids is 1. The van der Waals surface area contributed by atoms with Gasteiger partial charge in [0, 0.05) is 19.0 Å². The molecule has 0 saturated carbocycles. The van der Waals surface area contributed by atoms with E-state index in [0.29, 0.717) is 6.54 Å². The summed E-state index contributed by atoms with van der Waals surface area (Å²) in [6.07, 6.45) is 3.11. The Hall–Kier alpha value is -1.63. The lowest BCUT2D eigenvalue weighted by Crippen LogP contribution is -2.43. The number of hydrogen-bond acceptors (Lipinski definition) is 4. The number of imide groups is 1. The number of nitrogens with one attached hydrogen (secondary N) is 1. The van der Waals surface area contributed by atoms with Crippen LogP contribution in [-0.4, -0.2) is 47.0 Å². The molecule has 3 amide bonds. The highest BCUT2D eigenvalue weighted by Crippen LogP contribution is 2.19. The van der Waals surface area contributed by atoms with Crippen LogP contribution in [0.1, 0.15) is 32.1 Å². The second-order valence-electron chi connectivity index (χ2n) is 4.45.